The number of carbonyl (C=O) groups is 1. The quantitative estimate of drug-likeness (QED) is 0.680. The third-order valence-electron chi connectivity index (χ3n) is 5.75. The molecule has 1 amide bonds. The third-order valence-corrected chi connectivity index (χ3v) is 6.09. The summed E-state index contributed by atoms with van der Waals surface area (Å²) in [6, 6.07) is 0. The molecule has 0 N–H and O–H groups in total. The number of halogens is 2. The Morgan fingerprint density at radius 2 is 1.40 bits per heavy atom. The molecule has 4 aliphatic rings. The van der Waals surface area contributed by atoms with Gasteiger partial charge < -0.3 is 4.90 Å². The fourth-order valence-corrected chi connectivity index (χ4v) is 5.91. The van der Waals surface area contributed by atoms with Gasteiger partial charge >= 0.3 is 0 Å². The number of rotatable bonds is 6. The molecule has 4 heteroatoms. The van der Waals surface area contributed by atoms with E-state index in [0.29, 0.717) is 30.3 Å². The van der Waals surface area contributed by atoms with Crippen LogP contribution in [0.25, 0.3) is 0 Å². The van der Waals surface area contributed by atoms with Crippen molar-refractivity contribution in [2.45, 2.75) is 44.9 Å². The van der Waals surface area contributed by atoms with Gasteiger partial charge in [0.15, 0.2) is 0 Å². The maximum absolute atomic E-state index is 12.6. The lowest BCUT2D eigenvalue weighted by Gasteiger charge is -2.57. The summed E-state index contributed by atoms with van der Waals surface area (Å²) in [5.41, 5.74) is 0.322. The van der Waals surface area contributed by atoms with E-state index in [4.69, 9.17) is 23.2 Å². The molecule has 4 rings (SSSR count). The van der Waals surface area contributed by atoms with Gasteiger partial charge in [0.05, 0.1) is 0 Å². The van der Waals surface area contributed by atoms with E-state index in [1.54, 1.807) is 0 Å². The summed E-state index contributed by atoms with van der Waals surface area (Å²) in [4.78, 5) is 14.5. The van der Waals surface area contributed by atoms with E-state index in [0.717, 1.165) is 24.2 Å². The number of carbonyl (C=O) groups excluding carboxylic acids is 1. The van der Waals surface area contributed by atoms with Crippen LogP contribution in [0.2, 0.25) is 0 Å². The van der Waals surface area contributed by atoms with E-state index in [1.165, 1.54) is 38.5 Å². The third kappa shape index (κ3) is 2.97. The van der Waals surface area contributed by atoms with E-state index in [9.17, 15) is 4.79 Å². The highest BCUT2D eigenvalue weighted by Gasteiger charge is 2.51. The Morgan fingerprint density at radius 1 is 0.950 bits per heavy atom. The lowest BCUT2D eigenvalue weighted by atomic mass is 9.49. The van der Waals surface area contributed by atoms with Gasteiger partial charge in [-0.15, -0.1) is 23.2 Å². The molecular formula is C16H25Cl2NO. The molecule has 20 heavy (non-hydrogen) atoms. The molecule has 0 heterocycles. The van der Waals surface area contributed by atoms with Crippen molar-refractivity contribution in [2.24, 2.45) is 23.2 Å². The van der Waals surface area contributed by atoms with Crippen LogP contribution in [0.15, 0.2) is 0 Å². The minimum absolute atomic E-state index is 0.285. The Bertz CT molecular complexity index is 330. The molecule has 0 radical (unpaired) electrons. The van der Waals surface area contributed by atoms with Gasteiger partial charge in [0.1, 0.15) is 0 Å². The van der Waals surface area contributed by atoms with Crippen LogP contribution in [0.4, 0.5) is 0 Å². The average Bonchev–Trinajstić information content (AvgIpc) is 2.36. The van der Waals surface area contributed by atoms with Gasteiger partial charge in [0, 0.05) is 31.3 Å². The summed E-state index contributed by atoms with van der Waals surface area (Å²) in [5, 5.41) is 0. The second-order valence-corrected chi connectivity index (χ2v) is 8.11. The Hall–Kier alpha value is 0.0500. The zero-order valence-corrected chi connectivity index (χ0v) is 13.6. The van der Waals surface area contributed by atoms with Crippen LogP contribution in [0, 0.1) is 23.2 Å². The summed E-state index contributed by atoms with van der Waals surface area (Å²) in [6.07, 6.45) is 8.91. The highest BCUT2D eigenvalue weighted by Crippen LogP contribution is 2.61. The molecule has 0 atom stereocenters. The first-order valence-corrected chi connectivity index (χ1v) is 9.11. The summed E-state index contributed by atoms with van der Waals surface area (Å²) < 4.78 is 0. The minimum atomic E-state index is 0.285. The number of hydrogen-bond acceptors (Lipinski definition) is 1. The summed E-state index contributed by atoms with van der Waals surface area (Å²) in [6.45, 7) is 1.28. The molecule has 4 saturated carbocycles. The van der Waals surface area contributed by atoms with Gasteiger partial charge in [-0.05, 0) is 61.7 Å². The molecule has 4 aliphatic carbocycles. The highest BCUT2D eigenvalue weighted by molar-refractivity contribution is 6.18. The van der Waals surface area contributed by atoms with Gasteiger partial charge in [-0.2, -0.15) is 0 Å². The number of nitrogens with zero attached hydrogens (tertiary/aromatic N) is 1. The number of alkyl halides is 2. The molecule has 0 aromatic heterocycles. The molecule has 0 aromatic carbocycles. The fraction of sp³-hybridized carbons (Fsp3) is 0.938. The van der Waals surface area contributed by atoms with Crippen molar-refractivity contribution >= 4 is 29.1 Å². The zero-order valence-electron chi connectivity index (χ0n) is 12.1. The molecule has 0 aromatic rings. The van der Waals surface area contributed by atoms with Crippen LogP contribution >= 0.6 is 23.2 Å². The first kappa shape index (κ1) is 15.0. The molecule has 2 nitrogen and oxygen atoms in total. The van der Waals surface area contributed by atoms with Crippen LogP contribution in [0.1, 0.15) is 44.9 Å². The van der Waals surface area contributed by atoms with Gasteiger partial charge in [0.25, 0.3) is 0 Å². The van der Waals surface area contributed by atoms with Crippen LogP contribution in [0.3, 0.4) is 0 Å². The van der Waals surface area contributed by atoms with Crippen molar-refractivity contribution in [1.82, 2.24) is 4.90 Å². The van der Waals surface area contributed by atoms with Crippen molar-refractivity contribution in [1.29, 1.82) is 0 Å². The molecule has 114 valence electrons. The topological polar surface area (TPSA) is 20.3 Å². The van der Waals surface area contributed by atoms with E-state index >= 15 is 0 Å². The first-order chi connectivity index (χ1) is 9.64. The fourth-order valence-electron chi connectivity index (χ4n) is 5.50. The monoisotopic (exact) mass is 317 g/mol. The van der Waals surface area contributed by atoms with E-state index in [-0.39, 0.29) is 5.91 Å². The average molecular weight is 318 g/mol. The van der Waals surface area contributed by atoms with Crippen LogP contribution in [-0.4, -0.2) is 35.7 Å². The molecule has 4 fully saturated rings. The second-order valence-electron chi connectivity index (χ2n) is 7.35. The van der Waals surface area contributed by atoms with Gasteiger partial charge in [0.2, 0.25) is 5.91 Å². The first-order valence-electron chi connectivity index (χ1n) is 8.04. The Kier molecular flexibility index (Phi) is 4.52. The van der Waals surface area contributed by atoms with Crippen molar-refractivity contribution in [3.05, 3.63) is 0 Å². The highest BCUT2D eigenvalue weighted by atomic mass is 35.5. The lowest BCUT2D eigenvalue weighted by Crippen LogP contribution is -2.48. The summed E-state index contributed by atoms with van der Waals surface area (Å²) in [7, 11) is 0. The smallest absolute Gasteiger partial charge is 0.223 e. The molecular weight excluding hydrogens is 293 g/mol. The molecule has 4 bridgehead atoms. The Morgan fingerprint density at radius 3 is 1.80 bits per heavy atom. The summed E-state index contributed by atoms with van der Waals surface area (Å²) in [5.74, 6) is 4.01. The number of amides is 1. The number of hydrogen-bond donors (Lipinski definition) is 0. The van der Waals surface area contributed by atoms with E-state index in [2.05, 4.69) is 0 Å². The standard InChI is InChI=1S/C16H25Cl2NO/c17-1-3-19(4-2-18)15(20)11-16-8-12-5-13(9-16)7-14(6-12)10-16/h12-14H,1-11H2. The maximum Gasteiger partial charge on any atom is 0.223 e. The Labute approximate surface area is 132 Å². The normalized spacial score (nSPS) is 38.2. The zero-order chi connectivity index (χ0) is 14.2. The van der Waals surface area contributed by atoms with E-state index in [1.807, 2.05) is 4.90 Å². The van der Waals surface area contributed by atoms with E-state index < -0.39 is 0 Å². The predicted octanol–water partition coefficient (Wildman–Crippen LogP) is 3.90. The van der Waals surface area contributed by atoms with Crippen molar-refractivity contribution < 1.29 is 4.79 Å². The minimum Gasteiger partial charge on any atom is -0.340 e. The van der Waals surface area contributed by atoms with Crippen LogP contribution in [0.5, 0.6) is 0 Å². The lowest BCUT2D eigenvalue weighted by molar-refractivity contribution is -0.139. The van der Waals surface area contributed by atoms with Crippen molar-refractivity contribution in [3.8, 4) is 0 Å². The largest absolute Gasteiger partial charge is 0.340 e. The summed E-state index contributed by atoms with van der Waals surface area (Å²) >= 11 is 11.6. The predicted molar refractivity (Wildman–Crippen MR) is 83.2 cm³/mol. The molecule has 0 unspecified atom stereocenters. The van der Waals surface area contributed by atoms with Gasteiger partial charge in [-0.3, -0.25) is 4.79 Å². The van der Waals surface area contributed by atoms with Gasteiger partial charge in [-0.25, -0.2) is 0 Å². The second kappa shape index (κ2) is 6.04. The SMILES string of the molecule is O=C(CC12CC3CC(CC(C3)C1)C2)N(CCCl)CCCl. The maximum atomic E-state index is 12.6. The molecule has 0 spiro atoms. The molecule has 0 saturated heterocycles. The van der Waals surface area contributed by atoms with Crippen LogP contribution < -0.4 is 0 Å². The molecule has 0 aliphatic heterocycles. The van der Waals surface area contributed by atoms with Crippen LogP contribution in [-0.2, 0) is 4.79 Å². The van der Waals surface area contributed by atoms with Crippen molar-refractivity contribution in [3.63, 3.8) is 0 Å². The van der Waals surface area contributed by atoms with Gasteiger partial charge in [-0.1, -0.05) is 0 Å². The Balaban J connectivity index is 1.65. The van der Waals surface area contributed by atoms with Crippen molar-refractivity contribution in [2.75, 3.05) is 24.8 Å².